The van der Waals surface area contributed by atoms with E-state index in [1.165, 1.54) is 5.56 Å². The highest BCUT2D eigenvalue weighted by Gasteiger charge is 2.05. The van der Waals surface area contributed by atoms with Crippen molar-refractivity contribution in [1.82, 2.24) is 10.3 Å². The van der Waals surface area contributed by atoms with Gasteiger partial charge in [-0.3, -0.25) is 0 Å². The summed E-state index contributed by atoms with van der Waals surface area (Å²) in [6.45, 7) is 0.908. The lowest BCUT2D eigenvalue weighted by atomic mass is 10.1. The molecule has 0 fully saturated rings. The van der Waals surface area contributed by atoms with E-state index in [1.54, 1.807) is 0 Å². The van der Waals surface area contributed by atoms with Gasteiger partial charge < -0.3 is 9.73 Å². The fraction of sp³-hybridized carbons (Fsp3) is 0.308. The number of aromatic nitrogens is 1. The highest BCUT2D eigenvalue weighted by Crippen LogP contribution is 2.15. The first-order valence-electron chi connectivity index (χ1n) is 5.60. The van der Waals surface area contributed by atoms with Gasteiger partial charge in [0.15, 0.2) is 5.89 Å². The van der Waals surface area contributed by atoms with Gasteiger partial charge in [-0.1, -0.05) is 28.1 Å². The summed E-state index contributed by atoms with van der Waals surface area (Å²) in [4.78, 5) is 4.28. The van der Waals surface area contributed by atoms with Crippen molar-refractivity contribution in [3.05, 3.63) is 52.1 Å². The van der Waals surface area contributed by atoms with Crippen LogP contribution in [0.4, 0.5) is 0 Å². The molecule has 1 aromatic heterocycles. The Hall–Kier alpha value is -1.13. The molecule has 1 heterocycles. The van der Waals surface area contributed by atoms with Crippen molar-refractivity contribution in [3.63, 3.8) is 0 Å². The third-order valence-electron chi connectivity index (χ3n) is 2.47. The lowest BCUT2D eigenvalue weighted by Gasteiger charge is -1.98. The van der Waals surface area contributed by atoms with Crippen molar-refractivity contribution < 1.29 is 4.42 Å². The van der Waals surface area contributed by atoms with Gasteiger partial charge in [0.05, 0.1) is 6.20 Å². The van der Waals surface area contributed by atoms with Crippen molar-refractivity contribution in [3.8, 4) is 0 Å². The standard InChI is InChI=1S/C13H15BrN2O/c1-15-6-5-12-9-16-13(17-12)8-10-3-2-4-11(14)7-10/h2-4,7,9,15H,5-6,8H2,1H3. The number of rotatable bonds is 5. The maximum absolute atomic E-state index is 5.66. The molecule has 0 aliphatic rings. The topological polar surface area (TPSA) is 38.1 Å². The Bertz CT molecular complexity index is 482. The molecule has 2 aromatic rings. The van der Waals surface area contributed by atoms with E-state index in [9.17, 15) is 0 Å². The summed E-state index contributed by atoms with van der Waals surface area (Å²) >= 11 is 3.46. The normalized spacial score (nSPS) is 10.7. The van der Waals surface area contributed by atoms with Crippen LogP contribution in [-0.4, -0.2) is 18.6 Å². The van der Waals surface area contributed by atoms with Gasteiger partial charge in [-0.05, 0) is 24.7 Å². The Labute approximate surface area is 109 Å². The van der Waals surface area contributed by atoms with E-state index in [2.05, 4.69) is 38.4 Å². The van der Waals surface area contributed by atoms with E-state index in [0.717, 1.165) is 35.5 Å². The number of likely N-dealkylation sites (N-methyl/N-ethyl adjacent to an activating group) is 1. The van der Waals surface area contributed by atoms with E-state index in [4.69, 9.17) is 4.42 Å². The predicted molar refractivity (Wildman–Crippen MR) is 71.1 cm³/mol. The van der Waals surface area contributed by atoms with E-state index in [-0.39, 0.29) is 0 Å². The van der Waals surface area contributed by atoms with E-state index < -0.39 is 0 Å². The van der Waals surface area contributed by atoms with E-state index in [1.807, 2.05) is 25.4 Å². The van der Waals surface area contributed by atoms with Gasteiger partial charge in [0.1, 0.15) is 5.76 Å². The Balaban J connectivity index is 2.01. The molecule has 0 unspecified atom stereocenters. The van der Waals surface area contributed by atoms with Crippen LogP contribution in [0.3, 0.4) is 0 Å². The molecule has 4 heteroatoms. The Morgan fingerprint density at radius 3 is 3.06 bits per heavy atom. The fourth-order valence-electron chi connectivity index (χ4n) is 1.62. The van der Waals surface area contributed by atoms with Crippen LogP contribution in [0.25, 0.3) is 0 Å². The minimum Gasteiger partial charge on any atom is -0.445 e. The van der Waals surface area contributed by atoms with Crippen LogP contribution in [0.1, 0.15) is 17.2 Å². The van der Waals surface area contributed by atoms with Crippen molar-refractivity contribution in [2.75, 3.05) is 13.6 Å². The summed E-state index contributed by atoms with van der Waals surface area (Å²) in [5.74, 6) is 1.71. The van der Waals surface area contributed by atoms with Crippen LogP contribution < -0.4 is 5.32 Å². The van der Waals surface area contributed by atoms with Gasteiger partial charge >= 0.3 is 0 Å². The minimum atomic E-state index is 0.735. The monoisotopic (exact) mass is 294 g/mol. The molecule has 3 nitrogen and oxygen atoms in total. The smallest absolute Gasteiger partial charge is 0.198 e. The van der Waals surface area contributed by atoms with Crippen molar-refractivity contribution in [2.24, 2.45) is 0 Å². The first-order valence-corrected chi connectivity index (χ1v) is 6.40. The van der Waals surface area contributed by atoms with Crippen LogP contribution in [0, 0.1) is 0 Å². The molecule has 0 aliphatic carbocycles. The zero-order valence-corrected chi connectivity index (χ0v) is 11.3. The molecule has 90 valence electrons. The van der Waals surface area contributed by atoms with Gasteiger partial charge in [-0.15, -0.1) is 0 Å². The molecule has 0 atom stereocenters. The first-order chi connectivity index (χ1) is 8.28. The average Bonchev–Trinajstić information content (AvgIpc) is 2.74. The lowest BCUT2D eigenvalue weighted by molar-refractivity contribution is 0.460. The molecule has 0 spiro atoms. The first kappa shape index (κ1) is 12.3. The van der Waals surface area contributed by atoms with Gasteiger partial charge in [-0.25, -0.2) is 4.98 Å². The Morgan fingerprint density at radius 1 is 1.41 bits per heavy atom. The largest absolute Gasteiger partial charge is 0.445 e. The molecule has 0 amide bonds. The second-order valence-corrected chi connectivity index (χ2v) is 4.80. The molecule has 2 rings (SSSR count). The average molecular weight is 295 g/mol. The number of hydrogen-bond donors (Lipinski definition) is 1. The Morgan fingerprint density at radius 2 is 2.29 bits per heavy atom. The molecule has 1 N–H and O–H groups in total. The molecule has 0 radical (unpaired) electrons. The molecular weight excluding hydrogens is 280 g/mol. The second-order valence-electron chi connectivity index (χ2n) is 3.88. The molecule has 17 heavy (non-hydrogen) atoms. The third kappa shape index (κ3) is 3.68. The van der Waals surface area contributed by atoms with E-state index in [0.29, 0.717) is 0 Å². The highest BCUT2D eigenvalue weighted by molar-refractivity contribution is 9.10. The summed E-state index contributed by atoms with van der Waals surface area (Å²) in [6, 6.07) is 8.18. The summed E-state index contributed by atoms with van der Waals surface area (Å²) in [7, 11) is 1.93. The zero-order chi connectivity index (χ0) is 12.1. The number of halogens is 1. The molecule has 0 aliphatic heterocycles. The molecule has 1 aromatic carbocycles. The predicted octanol–water partition coefficient (Wildman–Crippen LogP) is 2.79. The quantitative estimate of drug-likeness (QED) is 0.921. The zero-order valence-electron chi connectivity index (χ0n) is 9.74. The summed E-state index contributed by atoms with van der Waals surface area (Å²) in [5, 5.41) is 3.09. The lowest BCUT2D eigenvalue weighted by Crippen LogP contribution is -2.09. The van der Waals surface area contributed by atoms with Gasteiger partial charge in [0, 0.05) is 23.9 Å². The number of hydrogen-bond acceptors (Lipinski definition) is 3. The van der Waals surface area contributed by atoms with Crippen molar-refractivity contribution in [2.45, 2.75) is 12.8 Å². The third-order valence-corrected chi connectivity index (χ3v) is 2.96. The summed E-state index contributed by atoms with van der Waals surface area (Å²) in [5.41, 5.74) is 1.20. The van der Waals surface area contributed by atoms with Crippen molar-refractivity contribution in [1.29, 1.82) is 0 Å². The summed E-state index contributed by atoms with van der Waals surface area (Å²) in [6.07, 6.45) is 3.42. The van der Waals surface area contributed by atoms with Crippen molar-refractivity contribution >= 4 is 15.9 Å². The van der Waals surface area contributed by atoms with Crippen LogP contribution in [0.2, 0.25) is 0 Å². The molecular formula is C13H15BrN2O. The van der Waals surface area contributed by atoms with Crippen LogP contribution in [0.15, 0.2) is 39.4 Å². The van der Waals surface area contributed by atoms with Gasteiger partial charge in [-0.2, -0.15) is 0 Å². The summed E-state index contributed by atoms with van der Waals surface area (Å²) < 4.78 is 6.74. The fourth-order valence-corrected chi connectivity index (χ4v) is 2.06. The van der Waals surface area contributed by atoms with Gasteiger partial charge in [0.25, 0.3) is 0 Å². The molecule has 0 saturated heterocycles. The minimum absolute atomic E-state index is 0.735. The maximum atomic E-state index is 5.66. The van der Waals surface area contributed by atoms with Crippen LogP contribution >= 0.6 is 15.9 Å². The van der Waals surface area contributed by atoms with Crippen LogP contribution in [0.5, 0.6) is 0 Å². The number of oxazole rings is 1. The number of nitrogens with zero attached hydrogens (tertiary/aromatic N) is 1. The highest BCUT2D eigenvalue weighted by atomic mass is 79.9. The van der Waals surface area contributed by atoms with Crippen LogP contribution in [-0.2, 0) is 12.8 Å². The Kier molecular flexibility index (Phi) is 4.34. The SMILES string of the molecule is CNCCc1cnc(Cc2cccc(Br)c2)o1. The maximum Gasteiger partial charge on any atom is 0.198 e. The molecule has 0 bridgehead atoms. The number of benzene rings is 1. The van der Waals surface area contributed by atoms with E-state index >= 15 is 0 Å². The molecule has 0 saturated carbocycles. The van der Waals surface area contributed by atoms with Gasteiger partial charge in [0.2, 0.25) is 0 Å². The second kappa shape index (κ2) is 5.98. The number of nitrogens with one attached hydrogen (secondary N) is 1.